The average Bonchev–Trinajstić information content (AvgIpc) is 3.02. The van der Waals surface area contributed by atoms with E-state index >= 15 is 0 Å². The molecule has 1 rings (SSSR count). The lowest BCUT2D eigenvalue weighted by Gasteiger charge is -2.33. The van der Waals surface area contributed by atoms with Crippen molar-refractivity contribution in [2.75, 3.05) is 119 Å². The van der Waals surface area contributed by atoms with Gasteiger partial charge in [-0.15, -0.1) is 0 Å². The van der Waals surface area contributed by atoms with Gasteiger partial charge in [-0.3, -0.25) is 48.4 Å². The lowest BCUT2D eigenvalue weighted by atomic mass is 10.1. The van der Waals surface area contributed by atoms with Gasteiger partial charge < -0.3 is 40.7 Å². The highest BCUT2D eigenvalue weighted by Gasteiger charge is 2.24. The van der Waals surface area contributed by atoms with Crippen molar-refractivity contribution in [1.82, 2.24) is 35.6 Å². The second-order valence-electron chi connectivity index (χ2n) is 11.5. The standard InChI is InChI=1S/C30H55N7O11/c1-3-16-47-18-19-48-17-4-7-32-30(46)24(5-6-25(38)31-2)33-26(39)20-34-8-10-35(21-27(40)41)12-14-37(23-29(44)45)15-13-36(11-9-34)22-28(42)43/h24H,3-23H2,1-2H3,(H,31,38)(H,32,46)(H,33,39)(H,40,41)(H,42,43)(H,44,45). The number of nitrogens with one attached hydrogen (secondary N) is 3. The Morgan fingerprint density at radius 1 is 0.646 bits per heavy atom. The Hall–Kier alpha value is -3.42. The Morgan fingerprint density at radius 2 is 1.08 bits per heavy atom. The summed E-state index contributed by atoms with van der Waals surface area (Å²) in [6.45, 7) is 5.31. The molecule has 1 saturated heterocycles. The van der Waals surface area contributed by atoms with Crippen LogP contribution >= 0.6 is 0 Å². The van der Waals surface area contributed by atoms with Crippen molar-refractivity contribution < 1.29 is 53.6 Å². The van der Waals surface area contributed by atoms with Gasteiger partial charge in [0.15, 0.2) is 0 Å². The van der Waals surface area contributed by atoms with Crippen LogP contribution in [0.1, 0.15) is 32.6 Å². The Kier molecular flexibility index (Phi) is 22.7. The zero-order valence-electron chi connectivity index (χ0n) is 28.3. The van der Waals surface area contributed by atoms with Crippen LogP contribution in [-0.2, 0) is 38.2 Å². The molecule has 18 nitrogen and oxygen atoms in total. The Labute approximate surface area is 282 Å². The molecule has 0 radical (unpaired) electrons. The van der Waals surface area contributed by atoms with Gasteiger partial charge in [-0.1, -0.05) is 6.92 Å². The number of carboxylic acid groups (broad SMARTS) is 3. The van der Waals surface area contributed by atoms with Crippen molar-refractivity contribution >= 4 is 35.6 Å². The van der Waals surface area contributed by atoms with Crippen LogP contribution in [0.5, 0.6) is 0 Å². The third-order valence-electron chi connectivity index (χ3n) is 7.45. The molecule has 1 atom stereocenters. The number of rotatable bonds is 22. The van der Waals surface area contributed by atoms with Crippen LogP contribution in [0, 0.1) is 0 Å². The fourth-order valence-electron chi connectivity index (χ4n) is 4.87. The highest BCUT2D eigenvalue weighted by atomic mass is 16.5. The van der Waals surface area contributed by atoms with E-state index < -0.39 is 35.8 Å². The molecule has 1 heterocycles. The molecule has 0 aliphatic carbocycles. The first-order valence-electron chi connectivity index (χ1n) is 16.4. The summed E-state index contributed by atoms with van der Waals surface area (Å²) in [5, 5.41) is 36.2. The summed E-state index contributed by atoms with van der Waals surface area (Å²) in [5.74, 6) is -4.38. The van der Waals surface area contributed by atoms with Gasteiger partial charge in [0.05, 0.1) is 39.4 Å². The molecule has 0 spiro atoms. The van der Waals surface area contributed by atoms with E-state index in [4.69, 9.17) is 9.47 Å². The van der Waals surface area contributed by atoms with Crippen LogP contribution in [0.2, 0.25) is 0 Å². The fraction of sp³-hybridized carbons (Fsp3) is 0.800. The van der Waals surface area contributed by atoms with E-state index in [-0.39, 0.29) is 97.3 Å². The van der Waals surface area contributed by atoms with Crippen molar-refractivity contribution in [3.8, 4) is 0 Å². The number of hydrogen-bond donors (Lipinski definition) is 6. The molecule has 1 unspecified atom stereocenters. The lowest BCUT2D eigenvalue weighted by Crippen LogP contribution is -2.52. The third-order valence-corrected chi connectivity index (χ3v) is 7.45. The molecule has 1 fully saturated rings. The van der Waals surface area contributed by atoms with E-state index in [1.165, 1.54) is 7.05 Å². The Bertz CT molecular complexity index is 972. The fourth-order valence-corrected chi connectivity index (χ4v) is 4.87. The van der Waals surface area contributed by atoms with Crippen molar-refractivity contribution in [2.24, 2.45) is 0 Å². The number of carboxylic acids is 3. The molecule has 0 aromatic rings. The first-order chi connectivity index (χ1) is 22.9. The van der Waals surface area contributed by atoms with E-state index in [1.807, 2.05) is 6.92 Å². The number of ether oxygens (including phenoxy) is 2. The minimum atomic E-state index is -1.05. The van der Waals surface area contributed by atoms with Crippen LogP contribution in [0.4, 0.5) is 0 Å². The number of amides is 3. The van der Waals surface area contributed by atoms with Crippen LogP contribution in [0.25, 0.3) is 0 Å². The maximum Gasteiger partial charge on any atom is 0.317 e. The van der Waals surface area contributed by atoms with Gasteiger partial charge in [0, 0.05) is 85.6 Å². The van der Waals surface area contributed by atoms with Gasteiger partial charge in [-0.2, -0.15) is 0 Å². The average molecular weight is 690 g/mol. The van der Waals surface area contributed by atoms with Crippen molar-refractivity contribution in [3.05, 3.63) is 0 Å². The smallest absolute Gasteiger partial charge is 0.317 e. The summed E-state index contributed by atoms with van der Waals surface area (Å²) in [6, 6.07) is -0.988. The molecule has 0 aromatic heterocycles. The predicted molar refractivity (Wildman–Crippen MR) is 173 cm³/mol. The highest BCUT2D eigenvalue weighted by Crippen LogP contribution is 2.03. The molecule has 0 bridgehead atoms. The summed E-state index contributed by atoms with van der Waals surface area (Å²) >= 11 is 0. The molecular formula is C30H55N7O11. The van der Waals surface area contributed by atoms with Gasteiger partial charge in [-0.25, -0.2) is 0 Å². The zero-order chi connectivity index (χ0) is 35.7. The summed E-state index contributed by atoms with van der Waals surface area (Å²) in [5.41, 5.74) is 0. The molecule has 1 aliphatic rings. The normalized spacial score (nSPS) is 16.6. The molecule has 0 aromatic carbocycles. The minimum Gasteiger partial charge on any atom is -0.480 e. The molecule has 276 valence electrons. The number of carbonyl (C=O) groups is 6. The second kappa shape index (κ2) is 25.6. The Balaban J connectivity index is 2.91. The van der Waals surface area contributed by atoms with E-state index in [0.29, 0.717) is 39.4 Å². The van der Waals surface area contributed by atoms with Gasteiger partial charge in [-0.05, 0) is 19.3 Å². The minimum absolute atomic E-state index is 0.00659. The first kappa shape index (κ1) is 42.6. The lowest BCUT2D eigenvalue weighted by molar-refractivity contribution is -0.140. The van der Waals surface area contributed by atoms with Gasteiger partial charge in [0.2, 0.25) is 17.7 Å². The second-order valence-corrected chi connectivity index (χ2v) is 11.5. The van der Waals surface area contributed by atoms with Gasteiger partial charge in [0.25, 0.3) is 0 Å². The molecule has 48 heavy (non-hydrogen) atoms. The molecule has 18 heteroatoms. The van der Waals surface area contributed by atoms with Crippen molar-refractivity contribution in [1.29, 1.82) is 0 Å². The number of hydrogen-bond acceptors (Lipinski definition) is 12. The van der Waals surface area contributed by atoms with E-state index in [0.717, 1.165) is 6.42 Å². The maximum absolute atomic E-state index is 13.3. The summed E-state index contributed by atoms with van der Waals surface area (Å²) in [4.78, 5) is 79.4. The SMILES string of the molecule is CCCOCCOCCCNC(=O)C(CCC(=O)NC)NC(=O)CN1CCN(CC(=O)O)CCN(CC(=O)O)CCN(CC(=O)O)CC1. The Morgan fingerprint density at radius 3 is 1.50 bits per heavy atom. The van der Waals surface area contributed by atoms with Crippen LogP contribution in [-0.4, -0.2) is 195 Å². The van der Waals surface area contributed by atoms with E-state index in [1.54, 1.807) is 19.6 Å². The summed E-state index contributed by atoms with van der Waals surface area (Å²) in [6.07, 6.45) is 1.53. The molecular weight excluding hydrogens is 634 g/mol. The zero-order valence-corrected chi connectivity index (χ0v) is 28.3. The molecule has 0 saturated carbocycles. The summed E-state index contributed by atoms with van der Waals surface area (Å²) in [7, 11) is 1.48. The van der Waals surface area contributed by atoms with Crippen LogP contribution < -0.4 is 16.0 Å². The summed E-state index contributed by atoms with van der Waals surface area (Å²) < 4.78 is 10.8. The van der Waals surface area contributed by atoms with Crippen molar-refractivity contribution in [2.45, 2.75) is 38.6 Å². The van der Waals surface area contributed by atoms with E-state index in [2.05, 4.69) is 16.0 Å². The monoisotopic (exact) mass is 689 g/mol. The molecule has 6 N–H and O–H groups in total. The largest absolute Gasteiger partial charge is 0.480 e. The van der Waals surface area contributed by atoms with Crippen molar-refractivity contribution in [3.63, 3.8) is 0 Å². The quantitative estimate of drug-likeness (QED) is 0.0642. The number of carbonyl (C=O) groups excluding carboxylic acids is 3. The van der Waals surface area contributed by atoms with Crippen LogP contribution in [0.15, 0.2) is 0 Å². The first-order valence-corrected chi connectivity index (χ1v) is 16.4. The highest BCUT2D eigenvalue weighted by molar-refractivity contribution is 5.89. The molecule has 3 amide bonds. The van der Waals surface area contributed by atoms with Crippen LogP contribution in [0.3, 0.4) is 0 Å². The van der Waals surface area contributed by atoms with Gasteiger partial charge in [0.1, 0.15) is 6.04 Å². The number of aliphatic carboxylic acids is 3. The predicted octanol–water partition coefficient (Wildman–Crippen LogP) is -2.58. The van der Waals surface area contributed by atoms with Gasteiger partial charge >= 0.3 is 17.9 Å². The number of nitrogens with zero attached hydrogens (tertiary/aromatic N) is 4. The maximum atomic E-state index is 13.3. The van der Waals surface area contributed by atoms with E-state index in [9.17, 15) is 44.1 Å². The molecule has 1 aliphatic heterocycles. The third kappa shape index (κ3) is 21.5. The topological polar surface area (TPSA) is 231 Å².